The molecular formula is C14H24O3. The average Bonchev–Trinajstić information content (AvgIpc) is 2.32. The third-order valence-corrected chi connectivity index (χ3v) is 4.92. The predicted octanol–water partition coefficient (Wildman–Crippen LogP) is 1.19. The molecule has 2 aliphatic carbocycles. The molecule has 2 rings (SSSR count). The third-order valence-electron chi connectivity index (χ3n) is 4.92. The van der Waals surface area contributed by atoms with Gasteiger partial charge in [-0.05, 0) is 37.5 Å². The largest absolute Gasteiger partial charge is 0.396 e. The predicted molar refractivity (Wildman–Crippen MR) is 66.3 cm³/mol. The van der Waals surface area contributed by atoms with Crippen LogP contribution in [-0.4, -0.2) is 34.6 Å². The van der Waals surface area contributed by atoms with Crippen LogP contribution in [0, 0.1) is 29.6 Å². The molecule has 17 heavy (non-hydrogen) atoms. The maximum Gasteiger partial charge on any atom is 0.0605 e. The van der Waals surface area contributed by atoms with Crippen molar-refractivity contribution in [3.8, 4) is 0 Å². The van der Waals surface area contributed by atoms with Gasteiger partial charge in [0.2, 0.25) is 0 Å². The van der Waals surface area contributed by atoms with Crippen molar-refractivity contribution in [1.29, 1.82) is 0 Å². The van der Waals surface area contributed by atoms with Gasteiger partial charge < -0.3 is 15.3 Å². The molecule has 0 spiro atoms. The summed E-state index contributed by atoms with van der Waals surface area (Å²) in [6, 6.07) is 0. The van der Waals surface area contributed by atoms with Crippen molar-refractivity contribution in [2.24, 2.45) is 29.6 Å². The van der Waals surface area contributed by atoms with Crippen molar-refractivity contribution in [2.75, 3.05) is 13.2 Å². The summed E-state index contributed by atoms with van der Waals surface area (Å²) in [5, 5.41) is 29.2. The first kappa shape index (κ1) is 13.1. The van der Waals surface area contributed by atoms with Crippen LogP contribution in [0.15, 0.2) is 11.6 Å². The minimum atomic E-state index is -0.278. The Bertz CT molecular complexity index is 300. The van der Waals surface area contributed by atoms with Gasteiger partial charge in [0.05, 0.1) is 6.10 Å². The van der Waals surface area contributed by atoms with Gasteiger partial charge in [-0.25, -0.2) is 0 Å². The normalized spacial score (nSPS) is 46.3. The van der Waals surface area contributed by atoms with Gasteiger partial charge in [-0.3, -0.25) is 0 Å². The summed E-state index contributed by atoms with van der Waals surface area (Å²) in [6.45, 7) is 4.41. The monoisotopic (exact) mass is 240 g/mol. The highest BCUT2D eigenvalue weighted by atomic mass is 16.3. The Kier molecular flexibility index (Phi) is 3.91. The molecule has 0 saturated heterocycles. The Morgan fingerprint density at radius 2 is 1.94 bits per heavy atom. The fraction of sp³-hybridized carbons (Fsp3) is 0.857. The van der Waals surface area contributed by atoms with Crippen molar-refractivity contribution >= 4 is 0 Å². The first-order chi connectivity index (χ1) is 8.10. The van der Waals surface area contributed by atoms with Crippen LogP contribution in [0.3, 0.4) is 0 Å². The Hall–Kier alpha value is -0.380. The summed E-state index contributed by atoms with van der Waals surface area (Å²) >= 11 is 0. The van der Waals surface area contributed by atoms with E-state index in [1.807, 2.05) is 6.92 Å². The quantitative estimate of drug-likeness (QED) is 0.635. The van der Waals surface area contributed by atoms with Crippen LogP contribution < -0.4 is 0 Å². The zero-order valence-electron chi connectivity index (χ0n) is 10.7. The summed E-state index contributed by atoms with van der Waals surface area (Å²) in [5.74, 6) is 1.15. The SMILES string of the molecule is CC1=C[C@@H]2[C@H]([C@H](CO)[C@@H]1CO)[C@@H](C)CC[C@@H]2O. The summed E-state index contributed by atoms with van der Waals surface area (Å²) in [5.41, 5.74) is 1.13. The van der Waals surface area contributed by atoms with Gasteiger partial charge in [0.25, 0.3) is 0 Å². The van der Waals surface area contributed by atoms with Gasteiger partial charge in [-0.1, -0.05) is 18.6 Å². The van der Waals surface area contributed by atoms with Gasteiger partial charge in [0.15, 0.2) is 0 Å². The minimum absolute atomic E-state index is 0.0639. The molecule has 3 N–H and O–H groups in total. The molecule has 0 aromatic heterocycles. The zero-order valence-corrected chi connectivity index (χ0v) is 10.7. The number of rotatable bonds is 2. The van der Waals surface area contributed by atoms with E-state index in [1.165, 1.54) is 0 Å². The van der Waals surface area contributed by atoms with E-state index in [1.54, 1.807) is 0 Å². The standard InChI is InChI=1S/C14H24O3/c1-8-3-4-13(17)10-5-9(2)11(6-15)12(7-16)14(8)10/h5,8,10-17H,3-4,6-7H2,1-2H3/t8-,10-,11+,12+,13-,14+/m0/s1. The molecule has 3 heteroatoms. The van der Waals surface area contributed by atoms with Crippen molar-refractivity contribution in [3.05, 3.63) is 11.6 Å². The number of aliphatic hydroxyl groups excluding tert-OH is 3. The number of aliphatic hydroxyl groups is 3. The van der Waals surface area contributed by atoms with Gasteiger partial charge in [0.1, 0.15) is 0 Å². The fourth-order valence-electron chi connectivity index (χ4n) is 3.95. The maximum atomic E-state index is 10.1. The molecule has 0 aromatic carbocycles. The van der Waals surface area contributed by atoms with Gasteiger partial charge in [-0.2, -0.15) is 0 Å². The van der Waals surface area contributed by atoms with E-state index < -0.39 is 0 Å². The lowest BCUT2D eigenvalue weighted by Crippen LogP contribution is -2.47. The van der Waals surface area contributed by atoms with Crippen molar-refractivity contribution in [1.82, 2.24) is 0 Å². The molecule has 98 valence electrons. The molecule has 2 aliphatic rings. The number of fused-ring (bicyclic) bond motifs is 1. The van der Waals surface area contributed by atoms with Crippen LogP contribution >= 0.6 is 0 Å². The third kappa shape index (κ3) is 2.16. The molecule has 0 heterocycles. The van der Waals surface area contributed by atoms with Crippen molar-refractivity contribution in [2.45, 2.75) is 32.8 Å². The van der Waals surface area contributed by atoms with Gasteiger partial charge in [-0.15, -0.1) is 0 Å². The molecular weight excluding hydrogens is 216 g/mol. The van der Waals surface area contributed by atoms with Crippen LogP contribution in [-0.2, 0) is 0 Å². The molecule has 0 radical (unpaired) electrons. The Labute approximate surface area is 103 Å². The van der Waals surface area contributed by atoms with Gasteiger partial charge >= 0.3 is 0 Å². The van der Waals surface area contributed by atoms with E-state index in [-0.39, 0.29) is 37.1 Å². The minimum Gasteiger partial charge on any atom is -0.396 e. The van der Waals surface area contributed by atoms with Gasteiger partial charge in [0, 0.05) is 25.0 Å². The fourth-order valence-corrected chi connectivity index (χ4v) is 3.95. The summed E-state index contributed by atoms with van der Waals surface area (Å²) < 4.78 is 0. The average molecular weight is 240 g/mol. The zero-order chi connectivity index (χ0) is 12.6. The Morgan fingerprint density at radius 3 is 2.53 bits per heavy atom. The summed E-state index contributed by atoms with van der Waals surface area (Å²) in [6.07, 6.45) is 3.73. The second-order valence-electron chi connectivity index (χ2n) is 5.82. The highest BCUT2D eigenvalue weighted by Crippen LogP contribution is 2.47. The van der Waals surface area contributed by atoms with Crippen LogP contribution in [0.25, 0.3) is 0 Å². The first-order valence-electron chi connectivity index (χ1n) is 6.68. The first-order valence-corrected chi connectivity index (χ1v) is 6.68. The van der Waals surface area contributed by atoms with E-state index >= 15 is 0 Å². The topological polar surface area (TPSA) is 60.7 Å². The van der Waals surface area contributed by atoms with Crippen molar-refractivity contribution in [3.63, 3.8) is 0 Å². The molecule has 6 atom stereocenters. The second kappa shape index (κ2) is 5.09. The van der Waals surface area contributed by atoms with E-state index in [2.05, 4.69) is 13.0 Å². The number of hydrogen-bond donors (Lipinski definition) is 3. The maximum absolute atomic E-state index is 10.1. The van der Waals surface area contributed by atoms with Crippen LogP contribution in [0.2, 0.25) is 0 Å². The van der Waals surface area contributed by atoms with Crippen LogP contribution in [0.5, 0.6) is 0 Å². The summed E-state index contributed by atoms with van der Waals surface area (Å²) in [7, 11) is 0. The lowest BCUT2D eigenvalue weighted by Gasteiger charge is -2.48. The molecule has 0 bridgehead atoms. The smallest absolute Gasteiger partial charge is 0.0605 e. The molecule has 0 aliphatic heterocycles. The highest BCUT2D eigenvalue weighted by molar-refractivity contribution is 5.17. The van der Waals surface area contributed by atoms with E-state index in [0.29, 0.717) is 11.8 Å². The lowest BCUT2D eigenvalue weighted by molar-refractivity contribution is -0.0371. The highest BCUT2D eigenvalue weighted by Gasteiger charge is 2.45. The number of hydrogen-bond acceptors (Lipinski definition) is 3. The van der Waals surface area contributed by atoms with Crippen molar-refractivity contribution < 1.29 is 15.3 Å². The van der Waals surface area contributed by atoms with Crippen LogP contribution in [0.4, 0.5) is 0 Å². The van der Waals surface area contributed by atoms with E-state index in [9.17, 15) is 15.3 Å². The Morgan fingerprint density at radius 1 is 1.24 bits per heavy atom. The molecule has 0 amide bonds. The second-order valence-corrected chi connectivity index (χ2v) is 5.82. The Balaban J connectivity index is 2.34. The molecule has 0 aromatic rings. The summed E-state index contributed by atoms with van der Waals surface area (Å²) in [4.78, 5) is 0. The lowest BCUT2D eigenvalue weighted by atomic mass is 9.58. The molecule has 1 fully saturated rings. The molecule has 1 saturated carbocycles. The van der Waals surface area contributed by atoms with E-state index in [4.69, 9.17) is 0 Å². The van der Waals surface area contributed by atoms with E-state index in [0.717, 1.165) is 18.4 Å². The van der Waals surface area contributed by atoms with Crippen LogP contribution in [0.1, 0.15) is 26.7 Å². The molecule has 0 unspecified atom stereocenters. The molecule has 3 nitrogen and oxygen atoms in total.